The molecule has 3 atom stereocenters. The molecule has 2 aromatic carbocycles. The van der Waals surface area contributed by atoms with Gasteiger partial charge in [-0.3, -0.25) is 9.78 Å². The Hall–Kier alpha value is -3.45. The smallest absolute Gasteiger partial charge is 0.330 e. The minimum Gasteiger partial charge on any atom is -0.330 e. The standard InChI is InChI=1S/C27H25FN3O2S/c1-30-26(32)16-25(22-4-2-20(3-5-22)21-6-8-23(28)9-7-21)27(33)31(24-12-15-34(30)18-24)17-19-10-13-29-14-11-19/h2-15,24-25H,16-18H2,1H3/q+1. The average Bonchev–Trinajstić information content (AvgIpc) is 3.36. The molecule has 3 unspecified atom stereocenters. The Bertz CT molecular complexity index is 1290. The van der Waals surface area contributed by atoms with Gasteiger partial charge in [-0.25, -0.2) is 9.18 Å². The summed E-state index contributed by atoms with van der Waals surface area (Å²) in [5.41, 5.74) is 3.64. The van der Waals surface area contributed by atoms with Crippen molar-refractivity contribution >= 4 is 22.5 Å². The number of amides is 2. The molecule has 0 aliphatic carbocycles. The van der Waals surface area contributed by atoms with Gasteiger partial charge in [-0.1, -0.05) is 36.4 Å². The first kappa shape index (κ1) is 22.3. The summed E-state index contributed by atoms with van der Waals surface area (Å²) in [6.45, 7) is 0.468. The molecule has 5 nitrogen and oxygen atoms in total. The molecule has 3 heterocycles. The number of rotatable bonds is 4. The van der Waals surface area contributed by atoms with Gasteiger partial charge in [0.1, 0.15) is 12.9 Å². The average molecular weight is 475 g/mol. The number of pyridine rings is 1. The minimum atomic E-state index is -0.573. The summed E-state index contributed by atoms with van der Waals surface area (Å²) in [6, 6.07) is 17.8. The van der Waals surface area contributed by atoms with Gasteiger partial charge in [0.2, 0.25) is 5.91 Å². The van der Waals surface area contributed by atoms with E-state index in [9.17, 15) is 14.0 Å². The highest BCUT2D eigenvalue weighted by atomic mass is 32.2. The topological polar surface area (TPSA) is 53.3 Å². The molecule has 3 aromatic rings. The van der Waals surface area contributed by atoms with E-state index in [1.54, 1.807) is 28.5 Å². The SMILES string of the molecule is C[N+]1=S2C=CC(C2)N(Cc2ccncc2)C(=O)C(c2ccc(-c3ccc(F)cc3)cc2)CC1=O. The van der Waals surface area contributed by atoms with Gasteiger partial charge < -0.3 is 4.90 Å². The molecule has 1 aromatic heterocycles. The van der Waals surface area contributed by atoms with Gasteiger partial charge in [-0.2, -0.15) is 0 Å². The lowest BCUT2D eigenvalue weighted by molar-refractivity contribution is -0.394. The quantitative estimate of drug-likeness (QED) is 0.531. The summed E-state index contributed by atoms with van der Waals surface area (Å²) in [5, 5.41) is 2.06. The molecule has 0 N–H and O–H groups in total. The van der Waals surface area contributed by atoms with Crippen molar-refractivity contribution in [3.05, 3.63) is 101 Å². The highest BCUT2D eigenvalue weighted by Gasteiger charge is 2.39. The van der Waals surface area contributed by atoms with Crippen LogP contribution in [-0.4, -0.2) is 44.5 Å². The lowest BCUT2D eigenvalue weighted by atomic mass is 9.91. The number of carbonyl (C=O) groups is 2. The lowest BCUT2D eigenvalue weighted by Crippen LogP contribution is -2.42. The fourth-order valence-electron chi connectivity index (χ4n) is 4.44. The van der Waals surface area contributed by atoms with Gasteiger partial charge in [0.15, 0.2) is 0 Å². The molecule has 2 aliphatic heterocycles. The lowest BCUT2D eigenvalue weighted by Gasteiger charge is -2.30. The maximum Gasteiger partial charge on any atom is 0.395 e. The number of halogens is 1. The molecule has 0 spiro atoms. The molecule has 0 saturated heterocycles. The third-order valence-electron chi connectivity index (χ3n) is 6.46. The van der Waals surface area contributed by atoms with Crippen LogP contribution in [0.3, 0.4) is 0 Å². The van der Waals surface area contributed by atoms with Gasteiger partial charge >= 0.3 is 5.91 Å². The van der Waals surface area contributed by atoms with Crippen molar-refractivity contribution in [1.29, 1.82) is 0 Å². The highest BCUT2D eigenvalue weighted by molar-refractivity contribution is 7.88. The predicted octanol–water partition coefficient (Wildman–Crippen LogP) is 4.27. The van der Waals surface area contributed by atoms with Gasteiger partial charge in [-0.05, 0) is 52.6 Å². The van der Waals surface area contributed by atoms with Gasteiger partial charge in [0.05, 0.1) is 34.8 Å². The van der Waals surface area contributed by atoms with Crippen LogP contribution in [-0.2, 0) is 26.8 Å². The van der Waals surface area contributed by atoms with Crippen LogP contribution in [0.25, 0.3) is 11.1 Å². The summed E-state index contributed by atoms with van der Waals surface area (Å²) >= 11 is 0. The second kappa shape index (κ2) is 9.43. The van der Waals surface area contributed by atoms with Crippen LogP contribution in [0.4, 0.5) is 4.39 Å². The monoisotopic (exact) mass is 474 g/mol. The number of carbonyl (C=O) groups excluding carboxylic acids is 2. The van der Waals surface area contributed by atoms with Crippen LogP contribution in [0, 0.1) is 5.82 Å². The van der Waals surface area contributed by atoms with E-state index < -0.39 is 5.92 Å². The molecular weight excluding hydrogens is 449 g/mol. The Morgan fingerprint density at radius 3 is 2.32 bits per heavy atom. The summed E-state index contributed by atoms with van der Waals surface area (Å²) in [6.07, 6.45) is 5.65. The Labute approximate surface area is 200 Å². The van der Waals surface area contributed by atoms with Crippen molar-refractivity contribution in [3.63, 3.8) is 0 Å². The molecule has 34 heavy (non-hydrogen) atoms. The first-order valence-corrected chi connectivity index (χ1v) is 12.6. The maximum absolute atomic E-state index is 14.0. The molecule has 0 fully saturated rings. The molecule has 5 rings (SSSR count). The molecule has 2 amide bonds. The van der Waals surface area contributed by atoms with Gasteiger partial charge in [0.25, 0.3) is 0 Å². The number of aromatic nitrogens is 1. The normalized spacial score (nSPS) is 22.5. The van der Waals surface area contributed by atoms with Gasteiger partial charge in [0, 0.05) is 24.3 Å². The van der Waals surface area contributed by atoms with E-state index in [-0.39, 0.29) is 40.8 Å². The molecule has 2 aliphatic rings. The predicted molar refractivity (Wildman–Crippen MR) is 130 cm³/mol. The van der Waals surface area contributed by atoms with E-state index >= 15 is 0 Å². The van der Waals surface area contributed by atoms with Crippen LogP contribution in [0.5, 0.6) is 0 Å². The summed E-state index contributed by atoms with van der Waals surface area (Å²) in [4.78, 5) is 33.1. The number of hydrogen-bond acceptors (Lipinski definition) is 3. The van der Waals surface area contributed by atoms with E-state index in [2.05, 4.69) is 16.5 Å². The van der Waals surface area contributed by atoms with Crippen LogP contribution < -0.4 is 0 Å². The Morgan fingerprint density at radius 1 is 1.00 bits per heavy atom. The third-order valence-corrected chi connectivity index (χ3v) is 8.52. The van der Waals surface area contributed by atoms with E-state index in [0.29, 0.717) is 6.54 Å². The van der Waals surface area contributed by atoms with Crippen molar-refractivity contribution < 1.29 is 17.9 Å². The van der Waals surface area contributed by atoms with Crippen LogP contribution in [0.1, 0.15) is 23.5 Å². The fourth-order valence-corrected chi connectivity index (χ4v) is 6.30. The van der Waals surface area contributed by atoms with E-state index in [0.717, 1.165) is 28.0 Å². The minimum absolute atomic E-state index is 0.0274. The Kier molecular flexibility index (Phi) is 6.20. The summed E-state index contributed by atoms with van der Waals surface area (Å²) in [5.74, 6) is -0.195. The zero-order chi connectivity index (χ0) is 23.7. The zero-order valence-corrected chi connectivity index (χ0v) is 19.6. The summed E-state index contributed by atoms with van der Waals surface area (Å²) < 4.78 is 15.1. The van der Waals surface area contributed by atoms with Crippen LogP contribution in [0.15, 0.2) is 84.5 Å². The molecule has 7 heteroatoms. The highest BCUT2D eigenvalue weighted by Crippen LogP contribution is 2.30. The van der Waals surface area contributed by atoms with Crippen molar-refractivity contribution in [2.45, 2.75) is 24.9 Å². The first-order valence-electron chi connectivity index (χ1n) is 11.2. The van der Waals surface area contributed by atoms with Gasteiger partial charge in [-0.15, -0.1) is 3.95 Å². The molecule has 0 saturated carbocycles. The largest absolute Gasteiger partial charge is 0.395 e. The van der Waals surface area contributed by atoms with Crippen LogP contribution >= 0.6 is 0 Å². The van der Waals surface area contributed by atoms with Crippen molar-refractivity contribution in [2.24, 2.45) is 0 Å². The number of benzene rings is 2. The zero-order valence-electron chi connectivity index (χ0n) is 18.8. The van der Waals surface area contributed by atoms with E-state index in [1.807, 2.05) is 48.3 Å². The molecular formula is C27H25FN3O2S+. The van der Waals surface area contributed by atoms with Crippen LogP contribution in [0.2, 0.25) is 0 Å². The molecule has 172 valence electrons. The Balaban J connectivity index is 1.50. The summed E-state index contributed by atoms with van der Waals surface area (Å²) in [7, 11) is 1.51. The second-order valence-corrected chi connectivity index (χ2v) is 10.5. The van der Waals surface area contributed by atoms with Crippen molar-refractivity contribution in [1.82, 2.24) is 9.88 Å². The second-order valence-electron chi connectivity index (χ2n) is 8.56. The Morgan fingerprint density at radius 2 is 1.65 bits per heavy atom. The van der Waals surface area contributed by atoms with Crippen molar-refractivity contribution in [2.75, 3.05) is 12.8 Å². The molecule has 0 radical (unpaired) electrons. The first-order chi connectivity index (χ1) is 16.5. The third kappa shape index (κ3) is 4.48. The number of nitrogens with zero attached hydrogens (tertiary/aromatic N) is 3. The maximum atomic E-state index is 14.0. The van der Waals surface area contributed by atoms with E-state index in [1.165, 1.54) is 12.1 Å². The number of hydrogen-bond donors (Lipinski definition) is 0. The molecule has 2 bridgehead atoms. The number of fused-ring (bicyclic) bond motifs is 2. The fraction of sp³-hybridized carbons (Fsp3) is 0.222. The van der Waals surface area contributed by atoms with Crippen molar-refractivity contribution in [3.8, 4) is 11.1 Å². The van der Waals surface area contributed by atoms with E-state index in [4.69, 9.17) is 0 Å².